The molecule has 0 spiro atoms. The van der Waals surface area contributed by atoms with E-state index in [9.17, 15) is 9.59 Å². The van der Waals surface area contributed by atoms with Crippen LogP contribution in [0.25, 0.3) is 0 Å². The maximum Gasteiger partial charge on any atom is 0.220 e. The molecule has 0 unspecified atom stereocenters. The van der Waals surface area contributed by atoms with Crippen LogP contribution in [0.15, 0.2) is 48.5 Å². The maximum absolute atomic E-state index is 12.3. The summed E-state index contributed by atoms with van der Waals surface area (Å²) in [6.45, 7) is 4.75. The highest BCUT2D eigenvalue weighted by Gasteiger charge is 2.28. The van der Waals surface area contributed by atoms with E-state index in [4.69, 9.17) is 18.9 Å². The third-order valence-corrected chi connectivity index (χ3v) is 7.01. The Hall–Kier alpha value is -3.42. The quantitative estimate of drug-likeness (QED) is 0.366. The van der Waals surface area contributed by atoms with Crippen molar-refractivity contribution in [2.45, 2.75) is 89.5 Å². The van der Waals surface area contributed by atoms with Crippen molar-refractivity contribution in [1.29, 1.82) is 0 Å². The number of unbranched alkanes of at least 4 members (excludes halogenated alkanes) is 5. The van der Waals surface area contributed by atoms with Gasteiger partial charge in [0.15, 0.2) is 35.2 Å². The van der Waals surface area contributed by atoms with Gasteiger partial charge >= 0.3 is 0 Å². The molecule has 2 N–H and O–H groups in total. The molecule has 0 fully saturated rings. The van der Waals surface area contributed by atoms with Gasteiger partial charge < -0.3 is 29.6 Å². The highest BCUT2D eigenvalue weighted by molar-refractivity contribution is 5.76. The fourth-order valence-corrected chi connectivity index (χ4v) is 4.68. The van der Waals surface area contributed by atoms with Gasteiger partial charge in [0.05, 0.1) is 12.1 Å². The van der Waals surface area contributed by atoms with Crippen LogP contribution in [0.5, 0.6) is 23.0 Å². The first kappa shape index (κ1) is 27.6. The Morgan fingerprint density at radius 1 is 0.658 bits per heavy atom. The number of carbonyl (C=O) groups excluding carboxylic acids is 2. The molecule has 0 bridgehead atoms. The van der Waals surface area contributed by atoms with Gasteiger partial charge in [0.25, 0.3) is 0 Å². The minimum Gasteiger partial charge on any atom is -0.486 e. The van der Waals surface area contributed by atoms with Crippen LogP contribution in [0.2, 0.25) is 0 Å². The molecule has 2 heterocycles. The highest BCUT2D eigenvalue weighted by Crippen LogP contribution is 2.32. The zero-order chi connectivity index (χ0) is 26.7. The number of amides is 2. The molecule has 2 amide bonds. The Labute approximate surface area is 225 Å². The predicted octanol–water partition coefficient (Wildman–Crippen LogP) is 4.80. The molecule has 2 aromatic rings. The van der Waals surface area contributed by atoms with Crippen molar-refractivity contribution in [2.24, 2.45) is 0 Å². The SMILES string of the molecule is C[C@H](NC(=O)CCCCCCCCC(=O)N[C@@H](C)[C@@H]1COc2ccccc2O1)[C@@H]1COc2ccccc2O1. The Bertz CT molecular complexity index is 977. The zero-order valence-electron chi connectivity index (χ0n) is 22.4. The summed E-state index contributed by atoms with van der Waals surface area (Å²) in [4.78, 5) is 24.7. The summed E-state index contributed by atoms with van der Waals surface area (Å²) in [5.74, 6) is 3.01. The summed E-state index contributed by atoms with van der Waals surface area (Å²) in [5, 5.41) is 6.09. The summed E-state index contributed by atoms with van der Waals surface area (Å²) in [6.07, 6.45) is 6.45. The lowest BCUT2D eigenvalue weighted by molar-refractivity contribution is -0.123. The topological polar surface area (TPSA) is 95.1 Å². The molecule has 0 aliphatic carbocycles. The Kier molecular flexibility index (Phi) is 10.1. The Balaban J connectivity index is 1.000. The first-order valence-electron chi connectivity index (χ1n) is 13.9. The molecule has 4 rings (SSSR count). The van der Waals surface area contributed by atoms with Crippen LogP contribution in [0.3, 0.4) is 0 Å². The Morgan fingerprint density at radius 2 is 1.03 bits per heavy atom. The molecule has 2 aliphatic rings. The van der Waals surface area contributed by atoms with Crippen molar-refractivity contribution < 1.29 is 28.5 Å². The van der Waals surface area contributed by atoms with Gasteiger partial charge in [0.1, 0.15) is 13.2 Å². The summed E-state index contributed by atoms with van der Waals surface area (Å²) < 4.78 is 23.4. The normalized spacial score (nSPS) is 19.2. The number of benzene rings is 2. The summed E-state index contributed by atoms with van der Waals surface area (Å²) in [6, 6.07) is 14.9. The second kappa shape index (κ2) is 13.9. The minimum absolute atomic E-state index is 0.0431. The number of nitrogens with one attached hydrogen (secondary N) is 2. The number of rotatable bonds is 13. The van der Waals surface area contributed by atoms with E-state index >= 15 is 0 Å². The van der Waals surface area contributed by atoms with Gasteiger partial charge in [-0.1, -0.05) is 49.9 Å². The van der Waals surface area contributed by atoms with E-state index in [0.717, 1.165) is 61.5 Å². The lowest BCUT2D eigenvalue weighted by Crippen LogP contribution is -2.48. The van der Waals surface area contributed by atoms with Crippen molar-refractivity contribution in [1.82, 2.24) is 10.6 Å². The van der Waals surface area contributed by atoms with Gasteiger partial charge in [0, 0.05) is 12.8 Å². The van der Waals surface area contributed by atoms with Gasteiger partial charge in [-0.15, -0.1) is 0 Å². The van der Waals surface area contributed by atoms with Crippen LogP contribution in [0, 0.1) is 0 Å². The third-order valence-electron chi connectivity index (χ3n) is 7.01. The van der Waals surface area contributed by atoms with E-state index in [0.29, 0.717) is 26.1 Å². The number of fused-ring (bicyclic) bond motifs is 2. The molecule has 8 nitrogen and oxygen atoms in total. The van der Waals surface area contributed by atoms with E-state index < -0.39 is 0 Å². The van der Waals surface area contributed by atoms with E-state index in [-0.39, 0.29) is 36.1 Å². The average molecular weight is 525 g/mol. The Morgan fingerprint density at radius 3 is 1.45 bits per heavy atom. The van der Waals surface area contributed by atoms with Crippen molar-refractivity contribution in [3.05, 3.63) is 48.5 Å². The first-order chi connectivity index (χ1) is 18.5. The van der Waals surface area contributed by atoms with Gasteiger partial charge in [-0.05, 0) is 51.0 Å². The first-order valence-corrected chi connectivity index (χ1v) is 13.9. The van der Waals surface area contributed by atoms with Crippen LogP contribution in [-0.2, 0) is 9.59 Å². The molecule has 4 atom stereocenters. The number of hydrogen-bond donors (Lipinski definition) is 2. The van der Waals surface area contributed by atoms with Crippen LogP contribution in [0.4, 0.5) is 0 Å². The summed E-state index contributed by atoms with van der Waals surface area (Å²) >= 11 is 0. The number of carbonyl (C=O) groups is 2. The highest BCUT2D eigenvalue weighted by atomic mass is 16.6. The van der Waals surface area contributed by atoms with Crippen molar-refractivity contribution >= 4 is 11.8 Å². The molecule has 0 radical (unpaired) electrons. The molecule has 38 heavy (non-hydrogen) atoms. The molecule has 0 saturated heterocycles. The van der Waals surface area contributed by atoms with Gasteiger partial charge in [-0.3, -0.25) is 9.59 Å². The molecule has 2 aliphatic heterocycles. The minimum atomic E-state index is -0.200. The third kappa shape index (κ3) is 8.04. The fourth-order valence-electron chi connectivity index (χ4n) is 4.68. The monoisotopic (exact) mass is 524 g/mol. The lowest BCUT2D eigenvalue weighted by atomic mass is 10.1. The number of hydrogen-bond acceptors (Lipinski definition) is 6. The van der Waals surface area contributed by atoms with Gasteiger partial charge in [0.2, 0.25) is 11.8 Å². The fraction of sp³-hybridized carbons (Fsp3) is 0.533. The van der Waals surface area contributed by atoms with E-state index in [1.807, 2.05) is 62.4 Å². The number of para-hydroxylation sites is 4. The second-order valence-corrected chi connectivity index (χ2v) is 10.2. The van der Waals surface area contributed by atoms with E-state index in [1.54, 1.807) is 0 Å². The van der Waals surface area contributed by atoms with Crippen LogP contribution in [0.1, 0.15) is 65.2 Å². The van der Waals surface area contributed by atoms with E-state index in [1.165, 1.54) is 0 Å². The summed E-state index contributed by atoms with van der Waals surface area (Å²) in [7, 11) is 0. The van der Waals surface area contributed by atoms with Crippen LogP contribution in [-0.4, -0.2) is 49.3 Å². The standard InChI is InChI=1S/C30H40N2O6/c1-21(27-19-35-23-13-9-11-15-25(23)37-27)31-29(33)17-7-5-3-4-6-8-18-30(34)32-22(2)28-20-36-24-14-10-12-16-26(24)38-28/h9-16,21-22,27-28H,3-8,17-20H2,1-2H3,(H,31,33)(H,32,34)/t21-,22-,27-,28-/m0/s1. The molecule has 0 saturated carbocycles. The molecule has 8 heteroatoms. The zero-order valence-corrected chi connectivity index (χ0v) is 22.4. The number of ether oxygens (including phenoxy) is 4. The van der Waals surface area contributed by atoms with E-state index in [2.05, 4.69) is 10.6 Å². The molecular weight excluding hydrogens is 484 g/mol. The molecule has 0 aromatic heterocycles. The van der Waals surface area contributed by atoms with Gasteiger partial charge in [-0.25, -0.2) is 0 Å². The molecular formula is C30H40N2O6. The maximum atomic E-state index is 12.3. The average Bonchev–Trinajstić information content (AvgIpc) is 2.93. The van der Waals surface area contributed by atoms with Crippen LogP contribution < -0.4 is 29.6 Å². The van der Waals surface area contributed by atoms with Gasteiger partial charge in [-0.2, -0.15) is 0 Å². The largest absolute Gasteiger partial charge is 0.486 e. The van der Waals surface area contributed by atoms with Crippen molar-refractivity contribution in [2.75, 3.05) is 13.2 Å². The van der Waals surface area contributed by atoms with Crippen LogP contribution >= 0.6 is 0 Å². The summed E-state index contributed by atoms with van der Waals surface area (Å²) in [5.41, 5.74) is 0. The smallest absolute Gasteiger partial charge is 0.220 e. The van der Waals surface area contributed by atoms with Crippen molar-refractivity contribution in [3.63, 3.8) is 0 Å². The second-order valence-electron chi connectivity index (χ2n) is 10.2. The molecule has 206 valence electrons. The lowest BCUT2D eigenvalue weighted by Gasteiger charge is -2.30. The van der Waals surface area contributed by atoms with Crippen molar-refractivity contribution in [3.8, 4) is 23.0 Å². The molecule has 2 aromatic carbocycles. The predicted molar refractivity (Wildman–Crippen MR) is 145 cm³/mol.